The summed E-state index contributed by atoms with van der Waals surface area (Å²) >= 11 is 1.70. The Morgan fingerprint density at radius 2 is 2.26 bits per heavy atom. The molecule has 5 nitrogen and oxygen atoms in total. The Bertz CT molecular complexity index is 646. The Morgan fingerprint density at radius 1 is 1.39 bits per heavy atom. The standard InChI is InChI=1S/C17H21N3O2S/c1-21-15-4-2-13(3-5-15)19-14-10-17(22-11-14)6-8-20(12-17)16-18-7-9-23-16/h2-5,7,9,14,19H,6,8,10-12H2,1H3/t14-,17+/m1/s1. The van der Waals surface area contributed by atoms with Crippen molar-refractivity contribution in [2.75, 3.05) is 37.0 Å². The number of nitrogens with one attached hydrogen (secondary N) is 1. The highest BCUT2D eigenvalue weighted by Gasteiger charge is 2.46. The lowest BCUT2D eigenvalue weighted by molar-refractivity contribution is 0.0229. The quantitative estimate of drug-likeness (QED) is 0.933. The second-order valence-corrected chi connectivity index (χ2v) is 7.13. The topological polar surface area (TPSA) is 46.6 Å². The van der Waals surface area contributed by atoms with Gasteiger partial charge >= 0.3 is 0 Å². The maximum atomic E-state index is 6.21. The molecule has 1 aromatic carbocycles. The van der Waals surface area contributed by atoms with Crippen LogP contribution in [0.2, 0.25) is 0 Å². The number of anilines is 2. The number of nitrogens with zero attached hydrogens (tertiary/aromatic N) is 2. The number of thiazole rings is 1. The molecule has 2 atom stereocenters. The van der Waals surface area contributed by atoms with Crippen molar-refractivity contribution in [3.8, 4) is 5.75 Å². The molecule has 122 valence electrons. The van der Waals surface area contributed by atoms with Gasteiger partial charge in [0.05, 0.1) is 25.4 Å². The smallest absolute Gasteiger partial charge is 0.185 e. The lowest BCUT2D eigenvalue weighted by atomic mass is 9.97. The first-order valence-corrected chi connectivity index (χ1v) is 8.83. The monoisotopic (exact) mass is 331 g/mol. The molecule has 2 aromatic rings. The highest BCUT2D eigenvalue weighted by molar-refractivity contribution is 7.13. The predicted molar refractivity (Wildman–Crippen MR) is 92.6 cm³/mol. The van der Waals surface area contributed by atoms with E-state index in [1.807, 2.05) is 23.7 Å². The van der Waals surface area contributed by atoms with Gasteiger partial charge in [-0.05, 0) is 30.7 Å². The van der Waals surface area contributed by atoms with E-state index < -0.39 is 0 Å². The zero-order valence-corrected chi connectivity index (χ0v) is 14.0. The van der Waals surface area contributed by atoms with Crippen LogP contribution in [0, 0.1) is 0 Å². The summed E-state index contributed by atoms with van der Waals surface area (Å²) in [4.78, 5) is 6.76. The van der Waals surface area contributed by atoms with Gasteiger partial charge in [-0.3, -0.25) is 0 Å². The van der Waals surface area contributed by atoms with E-state index in [4.69, 9.17) is 9.47 Å². The maximum absolute atomic E-state index is 6.21. The summed E-state index contributed by atoms with van der Waals surface area (Å²) in [5.74, 6) is 0.879. The highest BCUT2D eigenvalue weighted by atomic mass is 32.1. The van der Waals surface area contributed by atoms with Crippen molar-refractivity contribution in [2.24, 2.45) is 0 Å². The van der Waals surface area contributed by atoms with E-state index >= 15 is 0 Å². The summed E-state index contributed by atoms with van der Waals surface area (Å²) in [6, 6.07) is 8.43. The van der Waals surface area contributed by atoms with Crippen molar-refractivity contribution >= 4 is 22.2 Å². The molecule has 2 fully saturated rings. The minimum Gasteiger partial charge on any atom is -0.497 e. The van der Waals surface area contributed by atoms with Crippen LogP contribution in [0.1, 0.15) is 12.8 Å². The van der Waals surface area contributed by atoms with Crippen LogP contribution in [-0.2, 0) is 4.74 Å². The average molecular weight is 331 g/mol. The third kappa shape index (κ3) is 3.01. The van der Waals surface area contributed by atoms with Crippen molar-refractivity contribution in [1.29, 1.82) is 0 Å². The number of benzene rings is 1. The fourth-order valence-corrected chi connectivity index (χ4v) is 4.19. The van der Waals surface area contributed by atoms with Gasteiger partial charge in [0.15, 0.2) is 5.13 Å². The molecule has 23 heavy (non-hydrogen) atoms. The van der Waals surface area contributed by atoms with E-state index in [1.165, 1.54) is 0 Å². The summed E-state index contributed by atoms with van der Waals surface area (Å²) in [5, 5.41) is 6.72. The molecule has 1 N–H and O–H groups in total. The van der Waals surface area contributed by atoms with Gasteiger partial charge in [-0.25, -0.2) is 4.98 Å². The molecule has 1 aromatic heterocycles. The zero-order chi connectivity index (χ0) is 15.7. The summed E-state index contributed by atoms with van der Waals surface area (Å²) in [7, 11) is 1.69. The van der Waals surface area contributed by atoms with Crippen molar-refractivity contribution < 1.29 is 9.47 Å². The third-order valence-electron chi connectivity index (χ3n) is 4.68. The molecule has 3 heterocycles. The molecule has 0 amide bonds. The second kappa shape index (κ2) is 6.02. The van der Waals surface area contributed by atoms with E-state index in [9.17, 15) is 0 Å². The van der Waals surface area contributed by atoms with E-state index in [0.717, 1.165) is 49.1 Å². The summed E-state index contributed by atoms with van der Waals surface area (Å²) < 4.78 is 11.4. The Morgan fingerprint density at radius 3 is 3.00 bits per heavy atom. The molecule has 0 radical (unpaired) electrons. The minimum atomic E-state index is -0.0180. The lowest BCUT2D eigenvalue weighted by Crippen LogP contribution is -2.33. The van der Waals surface area contributed by atoms with Gasteiger partial charge in [-0.2, -0.15) is 0 Å². The molecule has 1 spiro atoms. The highest BCUT2D eigenvalue weighted by Crippen LogP contribution is 2.38. The number of hydrogen-bond donors (Lipinski definition) is 1. The van der Waals surface area contributed by atoms with Crippen LogP contribution >= 0.6 is 11.3 Å². The fraction of sp³-hybridized carbons (Fsp3) is 0.471. The average Bonchev–Trinajstić information content (AvgIpc) is 3.31. The summed E-state index contributed by atoms with van der Waals surface area (Å²) in [5.41, 5.74) is 1.10. The molecule has 2 aliphatic heterocycles. The van der Waals surface area contributed by atoms with E-state index in [2.05, 4.69) is 27.3 Å². The van der Waals surface area contributed by atoms with E-state index in [0.29, 0.717) is 6.04 Å². The first-order chi connectivity index (χ1) is 11.3. The van der Waals surface area contributed by atoms with Gasteiger partial charge in [-0.15, -0.1) is 11.3 Å². The van der Waals surface area contributed by atoms with E-state index in [-0.39, 0.29) is 5.60 Å². The Hall–Kier alpha value is -1.79. The molecular formula is C17H21N3O2S. The number of hydrogen-bond acceptors (Lipinski definition) is 6. The van der Waals surface area contributed by atoms with Crippen LogP contribution in [0.5, 0.6) is 5.75 Å². The first-order valence-electron chi connectivity index (χ1n) is 7.95. The Labute approximate surface area is 140 Å². The van der Waals surface area contributed by atoms with Crippen molar-refractivity contribution in [3.05, 3.63) is 35.8 Å². The maximum Gasteiger partial charge on any atom is 0.185 e. The number of methoxy groups -OCH3 is 1. The molecule has 4 rings (SSSR count). The molecular weight excluding hydrogens is 310 g/mol. The molecule has 2 aliphatic rings. The SMILES string of the molecule is COc1ccc(N[C@H]2CO[C@@]3(CCN(c4nccs4)C3)C2)cc1. The van der Waals surface area contributed by atoms with Crippen LogP contribution < -0.4 is 15.0 Å². The van der Waals surface area contributed by atoms with Gasteiger partial charge in [0.25, 0.3) is 0 Å². The van der Waals surface area contributed by atoms with Gasteiger partial charge in [-0.1, -0.05) is 0 Å². The third-order valence-corrected chi connectivity index (χ3v) is 5.51. The number of aromatic nitrogens is 1. The van der Waals surface area contributed by atoms with Crippen LogP contribution in [0.25, 0.3) is 0 Å². The van der Waals surface area contributed by atoms with Gasteiger partial charge in [0, 0.05) is 36.8 Å². The fourth-order valence-electron chi connectivity index (χ4n) is 3.52. The molecule has 2 saturated heterocycles. The van der Waals surface area contributed by atoms with Crippen molar-refractivity contribution in [3.63, 3.8) is 0 Å². The molecule has 0 bridgehead atoms. The second-order valence-electron chi connectivity index (χ2n) is 6.25. The van der Waals surface area contributed by atoms with Crippen LogP contribution in [-0.4, -0.2) is 43.4 Å². The number of rotatable bonds is 4. The van der Waals surface area contributed by atoms with Gasteiger partial charge in [0.1, 0.15) is 5.75 Å². The largest absolute Gasteiger partial charge is 0.497 e. The molecule has 0 unspecified atom stereocenters. The summed E-state index contributed by atoms with van der Waals surface area (Å²) in [6.45, 7) is 2.74. The van der Waals surface area contributed by atoms with Gasteiger partial charge < -0.3 is 19.7 Å². The van der Waals surface area contributed by atoms with Crippen LogP contribution in [0.15, 0.2) is 35.8 Å². The van der Waals surface area contributed by atoms with Crippen LogP contribution in [0.4, 0.5) is 10.8 Å². The van der Waals surface area contributed by atoms with Gasteiger partial charge in [0.2, 0.25) is 0 Å². The first kappa shape index (κ1) is 14.8. The Balaban J connectivity index is 1.37. The molecule has 0 saturated carbocycles. The predicted octanol–water partition coefficient (Wildman–Crippen LogP) is 3.00. The van der Waals surface area contributed by atoms with E-state index in [1.54, 1.807) is 18.4 Å². The summed E-state index contributed by atoms with van der Waals surface area (Å²) in [6.07, 6.45) is 3.99. The minimum absolute atomic E-state index is 0.0180. The number of ether oxygens (including phenoxy) is 2. The van der Waals surface area contributed by atoms with Crippen LogP contribution in [0.3, 0.4) is 0 Å². The molecule has 6 heteroatoms. The zero-order valence-electron chi connectivity index (χ0n) is 13.2. The lowest BCUT2D eigenvalue weighted by Gasteiger charge is -2.23. The normalized spacial score (nSPS) is 26.8. The Kier molecular flexibility index (Phi) is 3.87. The van der Waals surface area contributed by atoms with Crippen molar-refractivity contribution in [1.82, 2.24) is 4.98 Å². The molecule has 0 aliphatic carbocycles. The van der Waals surface area contributed by atoms with Crippen molar-refractivity contribution in [2.45, 2.75) is 24.5 Å².